The van der Waals surface area contributed by atoms with Crippen LogP contribution in [0, 0.1) is 11.7 Å². The topological polar surface area (TPSA) is 91.8 Å². The molecule has 4 aromatic rings. The molecule has 2 aromatic carbocycles. The zero-order chi connectivity index (χ0) is 28.2. The minimum atomic E-state index is -1.04. The summed E-state index contributed by atoms with van der Waals surface area (Å²) in [6.07, 6.45) is 5.43. The van der Waals surface area contributed by atoms with E-state index in [-0.39, 0.29) is 34.8 Å². The number of thiophene rings is 1. The molecule has 1 fully saturated rings. The predicted molar refractivity (Wildman–Crippen MR) is 155 cm³/mol. The standard InChI is InChI=1S/C30H29ClFN3O4S/c1-39-24-12-9-19(20-4-3-13-33-16-20)14-21(24)17-35(22-10-7-18(8-11-22)15-34-30(37)38)29(36)28-27(31)26-23(32)5-2-6-25(26)40-28/h2-6,9,12-14,16,18,22,34H,7-8,10-11,15,17H2,1H3,(H,37,38). The van der Waals surface area contributed by atoms with Gasteiger partial charge in [-0.05, 0) is 67.5 Å². The zero-order valence-electron chi connectivity index (χ0n) is 21.9. The van der Waals surface area contributed by atoms with Gasteiger partial charge >= 0.3 is 6.09 Å². The van der Waals surface area contributed by atoms with Crippen LogP contribution in [-0.4, -0.2) is 46.7 Å². The number of ether oxygens (including phenoxy) is 1. The molecule has 2 aromatic heterocycles. The molecule has 0 atom stereocenters. The van der Waals surface area contributed by atoms with Crippen molar-refractivity contribution in [2.24, 2.45) is 5.92 Å². The largest absolute Gasteiger partial charge is 0.496 e. The predicted octanol–water partition coefficient (Wildman–Crippen LogP) is 7.23. The Morgan fingerprint density at radius 1 is 1.15 bits per heavy atom. The first-order chi connectivity index (χ1) is 19.4. The number of pyridine rings is 1. The molecule has 1 aliphatic carbocycles. The van der Waals surface area contributed by atoms with Gasteiger partial charge in [0.2, 0.25) is 0 Å². The second-order valence-electron chi connectivity index (χ2n) is 9.92. The summed E-state index contributed by atoms with van der Waals surface area (Å²) in [5, 5.41) is 11.9. The number of hydrogen-bond donors (Lipinski definition) is 2. The molecule has 5 rings (SSSR count). The number of carboxylic acid groups (broad SMARTS) is 1. The quantitative estimate of drug-likeness (QED) is 0.229. The van der Waals surface area contributed by atoms with Crippen molar-refractivity contribution in [1.29, 1.82) is 0 Å². The zero-order valence-corrected chi connectivity index (χ0v) is 23.5. The minimum Gasteiger partial charge on any atom is -0.496 e. The van der Waals surface area contributed by atoms with E-state index < -0.39 is 11.9 Å². The normalized spacial score (nSPS) is 17.0. The van der Waals surface area contributed by atoms with Gasteiger partial charge in [-0.1, -0.05) is 29.8 Å². The number of halogens is 2. The Labute approximate surface area is 240 Å². The second-order valence-corrected chi connectivity index (χ2v) is 11.4. The van der Waals surface area contributed by atoms with Crippen LogP contribution in [0.25, 0.3) is 21.2 Å². The highest BCUT2D eigenvalue weighted by Crippen LogP contribution is 2.40. The van der Waals surface area contributed by atoms with Crippen molar-refractivity contribution in [2.45, 2.75) is 38.3 Å². The van der Waals surface area contributed by atoms with E-state index in [1.54, 1.807) is 31.6 Å². The van der Waals surface area contributed by atoms with Crippen LogP contribution in [0.1, 0.15) is 40.9 Å². The van der Waals surface area contributed by atoms with Gasteiger partial charge in [-0.15, -0.1) is 11.3 Å². The molecule has 0 saturated heterocycles. The van der Waals surface area contributed by atoms with Crippen LogP contribution in [0.15, 0.2) is 60.9 Å². The van der Waals surface area contributed by atoms with Crippen molar-refractivity contribution >= 4 is 45.0 Å². The lowest BCUT2D eigenvalue weighted by Gasteiger charge is -2.37. The van der Waals surface area contributed by atoms with Crippen LogP contribution in [0.2, 0.25) is 5.02 Å². The van der Waals surface area contributed by atoms with Crippen molar-refractivity contribution in [3.8, 4) is 16.9 Å². The highest BCUT2D eigenvalue weighted by atomic mass is 35.5. The third-order valence-electron chi connectivity index (χ3n) is 7.48. The molecule has 208 valence electrons. The summed E-state index contributed by atoms with van der Waals surface area (Å²) in [7, 11) is 1.60. The summed E-state index contributed by atoms with van der Waals surface area (Å²) in [6, 6.07) is 14.3. The molecule has 0 aliphatic heterocycles. The molecule has 0 unspecified atom stereocenters. The highest BCUT2D eigenvalue weighted by molar-refractivity contribution is 7.21. The number of aromatic nitrogens is 1. The number of methoxy groups -OCH3 is 1. The van der Waals surface area contributed by atoms with Gasteiger partial charge in [-0.2, -0.15) is 0 Å². The van der Waals surface area contributed by atoms with Crippen molar-refractivity contribution in [1.82, 2.24) is 15.2 Å². The molecule has 0 radical (unpaired) electrons. The number of fused-ring (bicyclic) bond motifs is 1. The van der Waals surface area contributed by atoms with Crippen LogP contribution in [0.3, 0.4) is 0 Å². The molecule has 7 nitrogen and oxygen atoms in total. The lowest BCUT2D eigenvalue weighted by molar-refractivity contribution is 0.0592. The number of carbonyl (C=O) groups is 2. The number of hydrogen-bond acceptors (Lipinski definition) is 5. The SMILES string of the molecule is COc1ccc(-c2cccnc2)cc1CN(C(=O)c1sc2cccc(F)c2c1Cl)C1CCC(CNC(=O)O)CC1. The van der Waals surface area contributed by atoms with Gasteiger partial charge < -0.3 is 20.1 Å². The fourth-order valence-corrected chi connectivity index (χ4v) is 6.91. The van der Waals surface area contributed by atoms with E-state index in [2.05, 4.69) is 10.3 Å². The van der Waals surface area contributed by atoms with Gasteiger partial charge in [0.15, 0.2) is 0 Å². The van der Waals surface area contributed by atoms with E-state index in [4.69, 9.17) is 21.4 Å². The van der Waals surface area contributed by atoms with Gasteiger partial charge in [0.25, 0.3) is 5.91 Å². The maximum absolute atomic E-state index is 14.6. The lowest BCUT2D eigenvalue weighted by Crippen LogP contribution is -2.43. The number of rotatable bonds is 8. The fourth-order valence-electron chi connectivity index (χ4n) is 5.40. The third kappa shape index (κ3) is 5.90. The number of nitrogens with zero attached hydrogens (tertiary/aromatic N) is 2. The first kappa shape index (κ1) is 27.9. The van der Waals surface area contributed by atoms with Crippen molar-refractivity contribution in [3.05, 3.63) is 82.2 Å². The highest BCUT2D eigenvalue weighted by Gasteiger charge is 2.33. The number of carbonyl (C=O) groups excluding carboxylic acids is 1. The summed E-state index contributed by atoms with van der Waals surface area (Å²) < 4.78 is 20.9. The van der Waals surface area contributed by atoms with Gasteiger partial charge in [-0.25, -0.2) is 9.18 Å². The Balaban J connectivity index is 1.49. The van der Waals surface area contributed by atoms with Crippen LogP contribution >= 0.6 is 22.9 Å². The molecule has 40 heavy (non-hydrogen) atoms. The molecule has 2 N–H and O–H groups in total. The summed E-state index contributed by atoms with van der Waals surface area (Å²) >= 11 is 7.82. The number of nitrogens with one attached hydrogen (secondary N) is 1. The van der Waals surface area contributed by atoms with E-state index in [9.17, 15) is 14.0 Å². The van der Waals surface area contributed by atoms with Crippen molar-refractivity contribution in [2.75, 3.05) is 13.7 Å². The summed E-state index contributed by atoms with van der Waals surface area (Å²) in [4.78, 5) is 31.5. The third-order valence-corrected chi connectivity index (χ3v) is 9.11. The molecular formula is C30H29ClFN3O4S. The van der Waals surface area contributed by atoms with E-state index in [1.165, 1.54) is 17.4 Å². The summed E-state index contributed by atoms with van der Waals surface area (Å²) in [5.41, 5.74) is 2.72. The Morgan fingerprint density at radius 2 is 1.95 bits per heavy atom. The molecular weight excluding hydrogens is 553 g/mol. The maximum Gasteiger partial charge on any atom is 0.404 e. The fraction of sp³-hybridized carbons (Fsp3) is 0.300. The van der Waals surface area contributed by atoms with Gasteiger partial charge in [0.1, 0.15) is 16.4 Å². The van der Waals surface area contributed by atoms with Gasteiger partial charge in [-0.3, -0.25) is 9.78 Å². The second kappa shape index (κ2) is 12.2. The van der Waals surface area contributed by atoms with E-state index in [0.717, 1.165) is 29.5 Å². The minimum absolute atomic E-state index is 0.105. The Morgan fingerprint density at radius 3 is 2.62 bits per heavy atom. The smallest absolute Gasteiger partial charge is 0.404 e. The first-order valence-corrected chi connectivity index (χ1v) is 14.3. The molecule has 0 bridgehead atoms. The van der Waals surface area contributed by atoms with Crippen LogP contribution in [0.5, 0.6) is 5.75 Å². The van der Waals surface area contributed by atoms with E-state index in [1.807, 2.05) is 35.2 Å². The van der Waals surface area contributed by atoms with Crippen molar-refractivity contribution < 1.29 is 23.8 Å². The average molecular weight is 582 g/mol. The Hall–Kier alpha value is -3.69. The van der Waals surface area contributed by atoms with Gasteiger partial charge in [0, 0.05) is 52.7 Å². The van der Waals surface area contributed by atoms with Gasteiger partial charge in [0.05, 0.1) is 12.1 Å². The molecule has 1 saturated carbocycles. The first-order valence-electron chi connectivity index (χ1n) is 13.1. The lowest BCUT2D eigenvalue weighted by atomic mass is 9.85. The van der Waals surface area contributed by atoms with E-state index in [0.29, 0.717) is 34.7 Å². The molecule has 10 heteroatoms. The molecule has 2 amide bonds. The molecule has 1 aliphatic rings. The number of benzene rings is 2. The van der Waals surface area contributed by atoms with Crippen LogP contribution in [-0.2, 0) is 6.54 Å². The number of amides is 2. The van der Waals surface area contributed by atoms with Crippen LogP contribution < -0.4 is 10.1 Å². The Bertz CT molecular complexity index is 1520. The summed E-state index contributed by atoms with van der Waals surface area (Å²) in [6.45, 7) is 0.657. The Kier molecular flexibility index (Phi) is 8.52. The monoisotopic (exact) mass is 581 g/mol. The van der Waals surface area contributed by atoms with E-state index >= 15 is 0 Å². The van der Waals surface area contributed by atoms with Crippen LogP contribution in [0.4, 0.5) is 9.18 Å². The average Bonchev–Trinajstić information content (AvgIpc) is 3.32. The maximum atomic E-state index is 14.6. The summed E-state index contributed by atoms with van der Waals surface area (Å²) in [5.74, 6) is 0.140. The molecule has 2 heterocycles. The molecule has 0 spiro atoms. The van der Waals surface area contributed by atoms with Crippen molar-refractivity contribution in [3.63, 3.8) is 0 Å².